The summed E-state index contributed by atoms with van der Waals surface area (Å²) in [6.45, 7) is 4.35. The molecule has 0 aromatic carbocycles. The smallest absolute Gasteiger partial charge is 0.305 e. The quantitative estimate of drug-likeness (QED) is 0.0195. The number of carbonyl (C=O) groups excluding carboxylic acids is 2. The lowest BCUT2D eigenvalue weighted by Crippen LogP contribution is -2.60. The van der Waals surface area contributed by atoms with Gasteiger partial charge in [0.15, 0.2) is 6.29 Å². The van der Waals surface area contributed by atoms with Crippen molar-refractivity contribution in [3.8, 4) is 0 Å². The lowest BCUT2D eigenvalue weighted by atomic mass is 9.99. The number of ether oxygens (including phenoxy) is 3. The zero-order valence-electron chi connectivity index (χ0n) is 52.3. The molecule has 1 saturated heterocycles. The molecule has 80 heavy (non-hydrogen) atoms. The molecule has 0 aromatic heterocycles. The minimum atomic E-state index is -1.57. The minimum Gasteiger partial charge on any atom is -0.466 e. The Balaban J connectivity index is 1.93. The van der Waals surface area contributed by atoms with Crippen LogP contribution >= 0.6 is 0 Å². The Hall–Kier alpha value is -1.86. The number of nitrogens with one attached hydrogen (secondary N) is 1. The van der Waals surface area contributed by atoms with Gasteiger partial charge in [0.2, 0.25) is 5.91 Å². The fourth-order valence-corrected chi connectivity index (χ4v) is 11.1. The predicted molar refractivity (Wildman–Crippen MR) is 334 cm³/mol. The van der Waals surface area contributed by atoms with Crippen molar-refractivity contribution < 1.29 is 49.3 Å². The van der Waals surface area contributed by atoms with Crippen LogP contribution in [0.2, 0.25) is 0 Å². The molecule has 0 spiro atoms. The maximum Gasteiger partial charge on any atom is 0.305 e. The van der Waals surface area contributed by atoms with Crippen molar-refractivity contribution in [3.63, 3.8) is 0 Å². The van der Waals surface area contributed by atoms with E-state index in [4.69, 9.17) is 14.2 Å². The molecular weight excluding hydrogens is 1000 g/mol. The predicted octanol–water partition coefficient (Wildman–Crippen LogP) is 17.2. The Morgan fingerprint density at radius 1 is 0.450 bits per heavy atom. The number of hydrogen-bond donors (Lipinski definition) is 6. The molecular formula is C69H131NO10. The number of rotatable bonds is 61. The first-order valence-corrected chi connectivity index (χ1v) is 34.6. The van der Waals surface area contributed by atoms with E-state index in [9.17, 15) is 35.1 Å². The maximum absolute atomic E-state index is 13.0. The Kier molecular flexibility index (Phi) is 56.1. The van der Waals surface area contributed by atoms with Crippen molar-refractivity contribution in [3.05, 3.63) is 24.3 Å². The first-order valence-electron chi connectivity index (χ1n) is 34.6. The van der Waals surface area contributed by atoms with Gasteiger partial charge in [-0.1, -0.05) is 295 Å². The highest BCUT2D eigenvalue weighted by atomic mass is 16.7. The van der Waals surface area contributed by atoms with E-state index in [1.54, 1.807) is 6.08 Å². The minimum absolute atomic E-state index is 0.00946. The summed E-state index contributed by atoms with van der Waals surface area (Å²) >= 11 is 0. The highest BCUT2D eigenvalue weighted by Crippen LogP contribution is 2.23. The number of amides is 1. The first kappa shape index (κ1) is 76.2. The summed E-state index contributed by atoms with van der Waals surface area (Å²) in [5.41, 5.74) is 0. The Bertz CT molecular complexity index is 1380. The zero-order chi connectivity index (χ0) is 58.0. The van der Waals surface area contributed by atoms with Gasteiger partial charge in [0.05, 0.1) is 32.0 Å². The van der Waals surface area contributed by atoms with Crippen LogP contribution in [0, 0.1) is 0 Å². The molecule has 7 unspecified atom stereocenters. The number of hydrogen-bond acceptors (Lipinski definition) is 10. The average molecular weight is 1130 g/mol. The van der Waals surface area contributed by atoms with E-state index < -0.39 is 49.5 Å². The van der Waals surface area contributed by atoms with E-state index in [2.05, 4.69) is 31.3 Å². The van der Waals surface area contributed by atoms with Gasteiger partial charge < -0.3 is 45.1 Å². The van der Waals surface area contributed by atoms with Crippen molar-refractivity contribution in [2.45, 2.75) is 384 Å². The Labute approximate surface area is 492 Å². The van der Waals surface area contributed by atoms with Crippen molar-refractivity contribution in [1.29, 1.82) is 0 Å². The fourth-order valence-electron chi connectivity index (χ4n) is 11.1. The van der Waals surface area contributed by atoms with Crippen LogP contribution in [-0.2, 0) is 23.8 Å². The summed E-state index contributed by atoms with van der Waals surface area (Å²) in [5.74, 6) is -0.174. The van der Waals surface area contributed by atoms with Gasteiger partial charge in [0.1, 0.15) is 24.4 Å². The largest absolute Gasteiger partial charge is 0.466 e. The summed E-state index contributed by atoms with van der Waals surface area (Å²) < 4.78 is 16.7. The van der Waals surface area contributed by atoms with Gasteiger partial charge in [-0.3, -0.25) is 9.59 Å². The van der Waals surface area contributed by atoms with Gasteiger partial charge in [-0.15, -0.1) is 0 Å². The normalized spacial score (nSPS) is 18.4. The summed E-state index contributed by atoms with van der Waals surface area (Å²) in [6.07, 6.45) is 63.2. The molecule has 0 saturated carbocycles. The molecule has 1 aliphatic heterocycles. The highest BCUT2D eigenvalue weighted by molar-refractivity contribution is 5.76. The second-order valence-corrected chi connectivity index (χ2v) is 24.2. The van der Waals surface area contributed by atoms with Gasteiger partial charge in [0, 0.05) is 12.8 Å². The average Bonchev–Trinajstić information content (AvgIpc) is 3.46. The molecule has 0 aliphatic carbocycles. The SMILES string of the molecule is CCCCCCCCC/C=C/C(O)C(COC1OC(CO)C(O)C(O)C1O)NC(=O)CCCCCCCCCCCCC/C=C\CCCCCCCCCCCCCCOC(=O)CCCCCCCCCCCCCCCCCC. The molecule has 0 aromatic rings. The molecule has 0 radical (unpaired) electrons. The molecule has 1 fully saturated rings. The van der Waals surface area contributed by atoms with Gasteiger partial charge in [-0.25, -0.2) is 0 Å². The van der Waals surface area contributed by atoms with Crippen molar-refractivity contribution in [2.75, 3.05) is 19.8 Å². The van der Waals surface area contributed by atoms with Crippen LogP contribution in [-0.4, -0.2) is 100 Å². The van der Waals surface area contributed by atoms with Gasteiger partial charge >= 0.3 is 5.97 Å². The number of esters is 1. The second kappa shape index (κ2) is 58.9. The molecule has 472 valence electrons. The van der Waals surface area contributed by atoms with Crippen LogP contribution in [0.15, 0.2) is 24.3 Å². The van der Waals surface area contributed by atoms with E-state index >= 15 is 0 Å². The first-order chi connectivity index (χ1) is 39.2. The van der Waals surface area contributed by atoms with Gasteiger partial charge in [0.25, 0.3) is 0 Å². The highest BCUT2D eigenvalue weighted by Gasteiger charge is 2.44. The molecule has 0 bridgehead atoms. The molecule has 11 nitrogen and oxygen atoms in total. The Morgan fingerprint density at radius 2 is 0.800 bits per heavy atom. The molecule has 11 heteroatoms. The number of unbranched alkanes of at least 4 members (excludes halogenated alkanes) is 45. The summed E-state index contributed by atoms with van der Waals surface area (Å²) in [6, 6.07) is -0.809. The van der Waals surface area contributed by atoms with Crippen molar-refractivity contribution in [1.82, 2.24) is 5.32 Å². The maximum atomic E-state index is 13.0. The molecule has 1 heterocycles. The molecule has 1 rings (SSSR count). The number of carbonyl (C=O) groups is 2. The number of aliphatic hydroxyl groups is 5. The summed E-state index contributed by atoms with van der Waals surface area (Å²) in [4.78, 5) is 25.1. The molecule has 7 atom stereocenters. The third-order valence-corrected chi connectivity index (χ3v) is 16.6. The Morgan fingerprint density at radius 3 is 1.20 bits per heavy atom. The van der Waals surface area contributed by atoms with Crippen LogP contribution in [0.1, 0.15) is 341 Å². The lowest BCUT2D eigenvalue weighted by Gasteiger charge is -2.40. The third-order valence-electron chi connectivity index (χ3n) is 16.6. The summed E-state index contributed by atoms with van der Waals surface area (Å²) in [5, 5.41) is 54.3. The zero-order valence-corrected chi connectivity index (χ0v) is 52.3. The van der Waals surface area contributed by atoms with Crippen molar-refractivity contribution >= 4 is 11.9 Å². The fraction of sp³-hybridized carbons (Fsp3) is 0.913. The number of allylic oxidation sites excluding steroid dienone is 3. The van der Waals surface area contributed by atoms with E-state index in [-0.39, 0.29) is 18.5 Å². The molecule has 1 aliphatic rings. The van der Waals surface area contributed by atoms with E-state index in [1.165, 1.54) is 257 Å². The van der Waals surface area contributed by atoms with Gasteiger partial charge in [-0.2, -0.15) is 0 Å². The number of aliphatic hydroxyl groups excluding tert-OH is 5. The second-order valence-electron chi connectivity index (χ2n) is 24.2. The van der Waals surface area contributed by atoms with Crippen molar-refractivity contribution in [2.24, 2.45) is 0 Å². The molecule has 1 amide bonds. The van der Waals surface area contributed by atoms with Crippen LogP contribution in [0.4, 0.5) is 0 Å². The van der Waals surface area contributed by atoms with E-state index in [1.807, 2.05) is 6.08 Å². The third kappa shape index (κ3) is 47.5. The van der Waals surface area contributed by atoms with E-state index in [0.717, 1.165) is 57.8 Å². The molecule has 6 N–H and O–H groups in total. The van der Waals surface area contributed by atoms with Gasteiger partial charge in [-0.05, 0) is 57.8 Å². The summed E-state index contributed by atoms with van der Waals surface area (Å²) in [7, 11) is 0. The van der Waals surface area contributed by atoms with E-state index in [0.29, 0.717) is 19.4 Å². The van der Waals surface area contributed by atoms with Crippen LogP contribution in [0.5, 0.6) is 0 Å². The topological polar surface area (TPSA) is 175 Å². The van der Waals surface area contributed by atoms with Crippen LogP contribution < -0.4 is 5.32 Å². The lowest BCUT2D eigenvalue weighted by molar-refractivity contribution is -0.302. The van der Waals surface area contributed by atoms with Crippen LogP contribution in [0.25, 0.3) is 0 Å². The monoisotopic (exact) mass is 1130 g/mol. The van der Waals surface area contributed by atoms with Crippen LogP contribution in [0.3, 0.4) is 0 Å². The standard InChI is InChI=1S/C69H131NO10/c1-3-5-7-9-11-13-14-15-16-31-34-37-41-45-49-53-57-65(74)78-58-54-50-46-42-38-35-32-29-27-25-23-21-19-17-18-20-22-24-26-28-30-33-36-40-44-48-52-56-64(73)70-61(62(72)55-51-47-43-39-12-10-8-6-4-2)60-79-69-68(77)67(76)66(75)63(59-71)80-69/h17-18,51,55,61-63,66-69,71-72,75-77H,3-16,19-50,52-54,56-60H2,1-2H3,(H,70,73)/b18-17-,55-51+.